The van der Waals surface area contributed by atoms with Crippen molar-refractivity contribution in [1.29, 1.82) is 0 Å². The van der Waals surface area contributed by atoms with Crippen molar-refractivity contribution in [2.45, 2.75) is 6.18 Å². The minimum absolute atomic E-state index is 0.00571. The van der Waals surface area contributed by atoms with Gasteiger partial charge >= 0.3 is 6.18 Å². The summed E-state index contributed by atoms with van der Waals surface area (Å²) in [5, 5.41) is 2.63. The van der Waals surface area contributed by atoms with Gasteiger partial charge in [-0.1, -0.05) is 0 Å². The van der Waals surface area contributed by atoms with Crippen LogP contribution in [-0.2, 0) is 25.7 Å². The number of morpholine rings is 1. The molecule has 0 unspecified atom stereocenters. The van der Waals surface area contributed by atoms with Crippen LogP contribution in [0.5, 0.6) is 0 Å². The van der Waals surface area contributed by atoms with Gasteiger partial charge in [-0.05, 0) is 24.3 Å². The molecule has 2 rings (SSSR count). The number of benzene rings is 1. The molecule has 0 atom stereocenters. The lowest BCUT2D eigenvalue weighted by Crippen LogP contribution is -2.44. The molecule has 0 aliphatic carbocycles. The maximum atomic E-state index is 12.6. The van der Waals surface area contributed by atoms with E-state index in [1.807, 2.05) is 0 Å². The standard InChI is InChI=1S/C16H22F3N3O4S/c1-27(24,25)22(14-4-2-13(3-5-14)16(17,18)19)12-15(23)20-6-7-21-8-10-26-11-9-21/h2-5H,6-12H2,1H3,(H,20,23). The summed E-state index contributed by atoms with van der Waals surface area (Å²) in [6.45, 7) is 3.21. The lowest BCUT2D eigenvalue weighted by Gasteiger charge is -2.27. The van der Waals surface area contributed by atoms with E-state index in [1.54, 1.807) is 0 Å². The van der Waals surface area contributed by atoms with Crippen LogP contribution >= 0.6 is 0 Å². The molecule has 1 fully saturated rings. The molecule has 0 aromatic heterocycles. The molecule has 7 nitrogen and oxygen atoms in total. The smallest absolute Gasteiger partial charge is 0.379 e. The molecule has 1 heterocycles. The highest BCUT2D eigenvalue weighted by atomic mass is 32.2. The van der Waals surface area contributed by atoms with Crippen molar-refractivity contribution in [1.82, 2.24) is 10.2 Å². The van der Waals surface area contributed by atoms with Crippen LogP contribution in [0.4, 0.5) is 18.9 Å². The van der Waals surface area contributed by atoms with Gasteiger partial charge in [-0.2, -0.15) is 13.2 Å². The van der Waals surface area contributed by atoms with Gasteiger partial charge in [0.25, 0.3) is 0 Å². The van der Waals surface area contributed by atoms with Crippen molar-refractivity contribution in [2.75, 3.05) is 56.5 Å². The maximum Gasteiger partial charge on any atom is 0.416 e. The van der Waals surface area contributed by atoms with E-state index in [2.05, 4.69) is 10.2 Å². The fourth-order valence-corrected chi connectivity index (χ4v) is 3.44. The van der Waals surface area contributed by atoms with Gasteiger partial charge in [0.2, 0.25) is 15.9 Å². The van der Waals surface area contributed by atoms with Gasteiger partial charge in [0.05, 0.1) is 30.7 Å². The third-order valence-electron chi connectivity index (χ3n) is 4.02. The van der Waals surface area contributed by atoms with Gasteiger partial charge in [-0.3, -0.25) is 14.0 Å². The molecule has 1 saturated heterocycles. The van der Waals surface area contributed by atoms with E-state index in [1.165, 1.54) is 0 Å². The first kappa shape index (κ1) is 21.5. The summed E-state index contributed by atoms with van der Waals surface area (Å²) in [7, 11) is -3.84. The molecule has 0 spiro atoms. The Hall–Kier alpha value is -1.85. The normalized spacial score (nSPS) is 16.1. The summed E-state index contributed by atoms with van der Waals surface area (Å²) < 4.78 is 67.9. The lowest BCUT2D eigenvalue weighted by atomic mass is 10.2. The molecule has 0 radical (unpaired) electrons. The van der Waals surface area contributed by atoms with Crippen LogP contribution in [-0.4, -0.2) is 71.4 Å². The van der Waals surface area contributed by atoms with Crippen LogP contribution in [0.1, 0.15) is 5.56 Å². The van der Waals surface area contributed by atoms with Crippen molar-refractivity contribution in [3.05, 3.63) is 29.8 Å². The van der Waals surface area contributed by atoms with Crippen molar-refractivity contribution in [2.24, 2.45) is 0 Å². The minimum Gasteiger partial charge on any atom is -0.379 e. The molecule has 27 heavy (non-hydrogen) atoms. The average molecular weight is 409 g/mol. The van der Waals surface area contributed by atoms with E-state index in [0.29, 0.717) is 26.3 Å². The predicted molar refractivity (Wildman–Crippen MR) is 93.9 cm³/mol. The van der Waals surface area contributed by atoms with E-state index < -0.39 is 34.2 Å². The molecular weight excluding hydrogens is 387 g/mol. The number of carbonyl (C=O) groups excluding carboxylic acids is 1. The molecule has 0 saturated carbocycles. The minimum atomic E-state index is -4.52. The number of nitrogens with zero attached hydrogens (tertiary/aromatic N) is 2. The second-order valence-electron chi connectivity index (χ2n) is 6.12. The number of nitrogens with one attached hydrogen (secondary N) is 1. The molecule has 1 amide bonds. The fourth-order valence-electron chi connectivity index (χ4n) is 2.58. The maximum absolute atomic E-state index is 12.6. The number of sulfonamides is 1. The molecule has 1 aliphatic rings. The number of anilines is 1. The average Bonchev–Trinajstić information content (AvgIpc) is 2.59. The highest BCUT2D eigenvalue weighted by molar-refractivity contribution is 7.92. The van der Waals surface area contributed by atoms with Crippen LogP contribution < -0.4 is 9.62 Å². The summed E-state index contributed by atoms with van der Waals surface area (Å²) >= 11 is 0. The Morgan fingerprint density at radius 2 is 1.81 bits per heavy atom. The zero-order valence-electron chi connectivity index (χ0n) is 14.8. The molecule has 1 aromatic carbocycles. The number of rotatable bonds is 7. The van der Waals surface area contributed by atoms with E-state index in [4.69, 9.17) is 4.74 Å². The van der Waals surface area contributed by atoms with Gasteiger partial charge < -0.3 is 10.1 Å². The van der Waals surface area contributed by atoms with Gasteiger partial charge in [0.15, 0.2) is 0 Å². The van der Waals surface area contributed by atoms with E-state index in [-0.39, 0.29) is 5.69 Å². The third-order valence-corrected chi connectivity index (χ3v) is 5.16. The molecular formula is C16H22F3N3O4S. The SMILES string of the molecule is CS(=O)(=O)N(CC(=O)NCCN1CCOCC1)c1ccc(C(F)(F)F)cc1. The van der Waals surface area contributed by atoms with Crippen molar-refractivity contribution < 1.29 is 31.1 Å². The zero-order chi connectivity index (χ0) is 20.1. The summed E-state index contributed by atoms with van der Waals surface area (Å²) in [4.78, 5) is 14.2. The molecule has 1 N–H and O–H groups in total. The number of hydrogen-bond acceptors (Lipinski definition) is 5. The Morgan fingerprint density at radius 1 is 1.22 bits per heavy atom. The predicted octanol–water partition coefficient (Wildman–Crippen LogP) is 0.920. The second-order valence-corrected chi connectivity index (χ2v) is 8.03. The van der Waals surface area contributed by atoms with Crippen LogP contribution in [0.2, 0.25) is 0 Å². The summed E-state index contributed by atoms with van der Waals surface area (Å²) in [6, 6.07) is 3.63. The number of hydrogen-bond donors (Lipinski definition) is 1. The molecule has 152 valence electrons. The highest BCUT2D eigenvalue weighted by Crippen LogP contribution is 2.30. The third kappa shape index (κ3) is 6.67. The van der Waals surface area contributed by atoms with Gasteiger partial charge in [-0.15, -0.1) is 0 Å². The topological polar surface area (TPSA) is 79.0 Å². The highest BCUT2D eigenvalue weighted by Gasteiger charge is 2.30. The van der Waals surface area contributed by atoms with Gasteiger partial charge in [0, 0.05) is 26.2 Å². The monoisotopic (exact) mass is 409 g/mol. The van der Waals surface area contributed by atoms with E-state index in [0.717, 1.165) is 47.9 Å². The first-order valence-electron chi connectivity index (χ1n) is 8.29. The number of amides is 1. The Kier molecular flexibility index (Phi) is 7.06. The van der Waals surface area contributed by atoms with Gasteiger partial charge in [0.1, 0.15) is 6.54 Å². The molecule has 11 heteroatoms. The Labute approximate surface area is 156 Å². The van der Waals surface area contributed by atoms with Crippen LogP contribution in [0, 0.1) is 0 Å². The molecule has 1 aromatic rings. The number of ether oxygens (including phenoxy) is 1. The molecule has 0 bridgehead atoms. The first-order valence-corrected chi connectivity index (χ1v) is 10.1. The number of carbonyl (C=O) groups is 1. The van der Waals surface area contributed by atoms with E-state index in [9.17, 15) is 26.4 Å². The van der Waals surface area contributed by atoms with Crippen molar-refractivity contribution >= 4 is 21.6 Å². The zero-order valence-corrected chi connectivity index (χ0v) is 15.6. The first-order chi connectivity index (χ1) is 12.6. The van der Waals surface area contributed by atoms with Gasteiger partial charge in [-0.25, -0.2) is 8.42 Å². The summed E-state index contributed by atoms with van der Waals surface area (Å²) in [5.41, 5.74) is -0.900. The van der Waals surface area contributed by atoms with Crippen molar-refractivity contribution in [3.8, 4) is 0 Å². The lowest BCUT2D eigenvalue weighted by molar-refractivity contribution is -0.137. The Balaban J connectivity index is 1.96. The fraction of sp³-hybridized carbons (Fsp3) is 0.562. The summed E-state index contributed by atoms with van der Waals surface area (Å²) in [5.74, 6) is -0.534. The number of halogens is 3. The van der Waals surface area contributed by atoms with E-state index >= 15 is 0 Å². The molecule has 1 aliphatic heterocycles. The summed E-state index contributed by atoms with van der Waals surface area (Å²) in [6.07, 6.45) is -3.63. The number of alkyl halides is 3. The Bertz CT molecular complexity index is 732. The van der Waals surface area contributed by atoms with Crippen LogP contribution in [0.25, 0.3) is 0 Å². The quantitative estimate of drug-likeness (QED) is 0.725. The van der Waals surface area contributed by atoms with Crippen molar-refractivity contribution in [3.63, 3.8) is 0 Å². The second kappa shape index (κ2) is 8.89. The Morgan fingerprint density at radius 3 is 2.33 bits per heavy atom. The van der Waals surface area contributed by atoms with Crippen LogP contribution in [0.3, 0.4) is 0 Å². The largest absolute Gasteiger partial charge is 0.416 e. The van der Waals surface area contributed by atoms with Crippen LogP contribution in [0.15, 0.2) is 24.3 Å².